The molecule has 1 atom stereocenters. The fourth-order valence-electron chi connectivity index (χ4n) is 2.17. The zero-order valence-electron chi connectivity index (χ0n) is 11.6. The van der Waals surface area contributed by atoms with Gasteiger partial charge in [0.1, 0.15) is 5.75 Å². The van der Waals surface area contributed by atoms with Crippen LogP contribution in [0.1, 0.15) is 24.8 Å². The van der Waals surface area contributed by atoms with E-state index in [2.05, 4.69) is 54.7 Å². The van der Waals surface area contributed by atoms with Crippen molar-refractivity contribution in [1.29, 1.82) is 0 Å². The van der Waals surface area contributed by atoms with Gasteiger partial charge < -0.3 is 10.1 Å². The molecule has 0 fully saturated rings. The maximum absolute atomic E-state index is 5.16. The Bertz CT molecular complexity index is 478. The molecular formula is C17H21NO. The number of nitrogens with one attached hydrogen (secondary N) is 1. The predicted octanol–water partition coefficient (Wildman–Crippen LogP) is 4.30. The quantitative estimate of drug-likeness (QED) is 0.831. The Kier molecular flexibility index (Phi) is 4.85. The highest BCUT2D eigenvalue weighted by molar-refractivity contribution is 5.46. The average Bonchev–Trinajstić information content (AvgIpc) is 2.49. The molecule has 0 saturated heterocycles. The van der Waals surface area contributed by atoms with Crippen LogP contribution in [-0.2, 0) is 0 Å². The van der Waals surface area contributed by atoms with Crippen LogP contribution in [0.4, 0.5) is 5.69 Å². The first-order chi connectivity index (χ1) is 9.33. The van der Waals surface area contributed by atoms with Crippen molar-refractivity contribution in [2.75, 3.05) is 19.0 Å². The second-order valence-corrected chi connectivity index (χ2v) is 4.63. The molecule has 1 unspecified atom stereocenters. The summed E-state index contributed by atoms with van der Waals surface area (Å²) in [7, 11) is 1.69. The highest BCUT2D eigenvalue weighted by Gasteiger charge is 2.08. The van der Waals surface area contributed by atoms with Gasteiger partial charge in [-0.25, -0.2) is 0 Å². The number of hydrogen-bond acceptors (Lipinski definition) is 2. The Morgan fingerprint density at radius 1 is 1.00 bits per heavy atom. The third-order valence-electron chi connectivity index (χ3n) is 3.41. The van der Waals surface area contributed by atoms with Gasteiger partial charge in [0.25, 0.3) is 0 Å². The fraction of sp³-hybridized carbons (Fsp3) is 0.294. The summed E-state index contributed by atoms with van der Waals surface area (Å²) in [6.07, 6.45) is 1.13. The minimum absolute atomic E-state index is 0.545. The fourth-order valence-corrected chi connectivity index (χ4v) is 2.17. The minimum Gasteiger partial charge on any atom is -0.497 e. The van der Waals surface area contributed by atoms with E-state index in [9.17, 15) is 0 Å². The van der Waals surface area contributed by atoms with Crippen LogP contribution in [0.15, 0.2) is 54.6 Å². The summed E-state index contributed by atoms with van der Waals surface area (Å²) >= 11 is 0. The lowest BCUT2D eigenvalue weighted by Crippen LogP contribution is -2.11. The van der Waals surface area contributed by atoms with Crippen molar-refractivity contribution in [2.24, 2.45) is 0 Å². The minimum atomic E-state index is 0.545. The molecule has 0 saturated carbocycles. The average molecular weight is 255 g/mol. The zero-order chi connectivity index (χ0) is 13.5. The van der Waals surface area contributed by atoms with Gasteiger partial charge in [-0.2, -0.15) is 0 Å². The van der Waals surface area contributed by atoms with Crippen LogP contribution >= 0.6 is 0 Å². The van der Waals surface area contributed by atoms with Crippen molar-refractivity contribution in [3.63, 3.8) is 0 Å². The Labute approximate surface area is 115 Å². The maximum Gasteiger partial charge on any atom is 0.119 e. The van der Waals surface area contributed by atoms with Gasteiger partial charge in [-0.15, -0.1) is 0 Å². The van der Waals surface area contributed by atoms with Crippen LogP contribution in [0.5, 0.6) is 5.75 Å². The molecular weight excluding hydrogens is 234 g/mol. The van der Waals surface area contributed by atoms with Crippen molar-refractivity contribution in [1.82, 2.24) is 0 Å². The number of ether oxygens (including phenoxy) is 1. The van der Waals surface area contributed by atoms with Crippen LogP contribution in [0.25, 0.3) is 0 Å². The molecule has 100 valence electrons. The van der Waals surface area contributed by atoms with Crippen molar-refractivity contribution in [3.05, 3.63) is 60.2 Å². The van der Waals surface area contributed by atoms with Crippen LogP contribution in [0.3, 0.4) is 0 Å². The number of methoxy groups -OCH3 is 1. The molecule has 2 aromatic rings. The van der Waals surface area contributed by atoms with Gasteiger partial charge in [-0.05, 0) is 36.2 Å². The molecule has 0 bridgehead atoms. The first kappa shape index (κ1) is 13.5. The Morgan fingerprint density at radius 2 is 1.68 bits per heavy atom. The van der Waals surface area contributed by atoms with E-state index in [1.165, 1.54) is 5.56 Å². The van der Waals surface area contributed by atoms with Crippen LogP contribution in [-0.4, -0.2) is 13.7 Å². The van der Waals surface area contributed by atoms with Crippen molar-refractivity contribution in [2.45, 2.75) is 19.3 Å². The first-order valence-electron chi connectivity index (χ1n) is 6.76. The zero-order valence-corrected chi connectivity index (χ0v) is 11.6. The summed E-state index contributed by atoms with van der Waals surface area (Å²) in [6, 6.07) is 18.7. The molecule has 0 aliphatic heterocycles. The highest BCUT2D eigenvalue weighted by atomic mass is 16.5. The van der Waals surface area contributed by atoms with E-state index in [0.29, 0.717) is 5.92 Å². The lowest BCUT2D eigenvalue weighted by molar-refractivity contribution is 0.415. The molecule has 2 rings (SSSR count). The number of rotatable bonds is 6. The molecule has 2 aromatic carbocycles. The number of hydrogen-bond donors (Lipinski definition) is 1. The molecule has 0 amide bonds. The van der Waals surface area contributed by atoms with E-state index in [4.69, 9.17) is 4.74 Å². The van der Waals surface area contributed by atoms with Gasteiger partial charge in [0.2, 0.25) is 0 Å². The molecule has 0 aliphatic rings. The first-order valence-corrected chi connectivity index (χ1v) is 6.76. The summed E-state index contributed by atoms with van der Waals surface area (Å²) in [4.78, 5) is 0. The molecule has 0 radical (unpaired) electrons. The normalized spacial score (nSPS) is 11.9. The van der Waals surface area contributed by atoms with E-state index in [0.717, 1.165) is 24.4 Å². The summed E-state index contributed by atoms with van der Waals surface area (Å²) in [5.74, 6) is 1.43. The molecule has 0 heterocycles. The molecule has 2 nitrogen and oxygen atoms in total. The van der Waals surface area contributed by atoms with Crippen molar-refractivity contribution in [3.8, 4) is 5.75 Å². The predicted molar refractivity (Wildman–Crippen MR) is 81.0 cm³/mol. The summed E-state index contributed by atoms with van der Waals surface area (Å²) in [5, 5.41) is 3.49. The van der Waals surface area contributed by atoms with E-state index >= 15 is 0 Å². The van der Waals surface area contributed by atoms with Crippen LogP contribution < -0.4 is 10.1 Å². The second kappa shape index (κ2) is 6.83. The third-order valence-corrected chi connectivity index (χ3v) is 3.41. The lowest BCUT2D eigenvalue weighted by atomic mass is 9.96. The van der Waals surface area contributed by atoms with Crippen LogP contribution in [0, 0.1) is 0 Å². The van der Waals surface area contributed by atoms with E-state index in [1.54, 1.807) is 7.11 Å². The van der Waals surface area contributed by atoms with Crippen molar-refractivity contribution < 1.29 is 4.74 Å². The largest absolute Gasteiger partial charge is 0.497 e. The van der Waals surface area contributed by atoms with Gasteiger partial charge in [0.15, 0.2) is 0 Å². The number of benzene rings is 2. The Morgan fingerprint density at radius 3 is 2.26 bits per heavy atom. The molecule has 1 N–H and O–H groups in total. The van der Waals surface area contributed by atoms with Gasteiger partial charge in [0, 0.05) is 18.2 Å². The topological polar surface area (TPSA) is 21.3 Å². The molecule has 0 spiro atoms. The number of anilines is 1. The highest BCUT2D eigenvalue weighted by Crippen LogP contribution is 2.21. The summed E-state index contributed by atoms with van der Waals surface area (Å²) in [6.45, 7) is 3.18. The molecule has 0 aromatic heterocycles. The summed E-state index contributed by atoms with van der Waals surface area (Å²) < 4.78 is 5.16. The molecule has 0 aliphatic carbocycles. The van der Waals surface area contributed by atoms with Gasteiger partial charge in [0.05, 0.1) is 7.11 Å². The van der Waals surface area contributed by atoms with Gasteiger partial charge in [-0.1, -0.05) is 37.3 Å². The van der Waals surface area contributed by atoms with Gasteiger partial charge in [-0.3, -0.25) is 0 Å². The second-order valence-electron chi connectivity index (χ2n) is 4.63. The van der Waals surface area contributed by atoms with E-state index in [-0.39, 0.29) is 0 Å². The van der Waals surface area contributed by atoms with Crippen LogP contribution in [0.2, 0.25) is 0 Å². The molecule has 2 heteroatoms. The third kappa shape index (κ3) is 3.75. The van der Waals surface area contributed by atoms with Crippen molar-refractivity contribution >= 4 is 5.69 Å². The maximum atomic E-state index is 5.16. The Hall–Kier alpha value is -1.96. The smallest absolute Gasteiger partial charge is 0.119 e. The SMILES string of the molecule is CCC(CNc1ccc(OC)cc1)c1ccccc1. The summed E-state index contributed by atoms with van der Waals surface area (Å²) in [5.41, 5.74) is 2.53. The van der Waals surface area contributed by atoms with E-state index < -0.39 is 0 Å². The molecule has 19 heavy (non-hydrogen) atoms. The standard InChI is InChI=1S/C17H21NO/c1-3-14(15-7-5-4-6-8-15)13-18-16-9-11-17(19-2)12-10-16/h4-12,14,18H,3,13H2,1-2H3. The van der Waals surface area contributed by atoms with Gasteiger partial charge >= 0.3 is 0 Å². The monoisotopic (exact) mass is 255 g/mol. The lowest BCUT2D eigenvalue weighted by Gasteiger charge is -2.17. The Balaban J connectivity index is 1.96. The van der Waals surface area contributed by atoms with E-state index in [1.807, 2.05) is 12.1 Å².